The Morgan fingerprint density at radius 1 is 1.00 bits per heavy atom. The lowest BCUT2D eigenvalue weighted by Crippen LogP contribution is -2.31. The van der Waals surface area contributed by atoms with Gasteiger partial charge in [-0.1, -0.05) is 49.8 Å². The number of imide groups is 1. The van der Waals surface area contributed by atoms with E-state index in [1.807, 2.05) is 25.1 Å². The fraction of sp³-hybridized carbons (Fsp3) is 0.346. The summed E-state index contributed by atoms with van der Waals surface area (Å²) in [6.07, 6.45) is 4.91. The fourth-order valence-corrected chi connectivity index (χ4v) is 4.67. The minimum Gasteiger partial charge on any atom is -0.321 e. The maximum Gasteiger partial charge on any atom is 0.255 e. The van der Waals surface area contributed by atoms with Crippen molar-refractivity contribution in [2.45, 2.75) is 46.5 Å². The predicted octanol–water partition coefficient (Wildman–Crippen LogP) is 4.91. The Balaban J connectivity index is 1.61. The number of carbonyl (C=O) groups is 3. The molecule has 2 aromatic carbocycles. The number of allylic oxidation sites excluding steroid dienone is 2. The summed E-state index contributed by atoms with van der Waals surface area (Å²) < 4.78 is 0. The van der Waals surface area contributed by atoms with Gasteiger partial charge in [0.1, 0.15) is 0 Å². The van der Waals surface area contributed by atoms with Gasteiger partial charge >= 0.3 is 0 Å². The first-order chi connectivity index (χ1) is 14.9. The Morgan fingerprint density at radius 2 is 1.65 bits per heavy atom. The molecule has 1 fully saturated rings. The van der Waals surface area contributed by atoms with Crippen LogP contribution in [0.4, 0.5) is 11.4 Å². The normalized spacial score (nSPS) is 20.5. The third kappa shape index (κ3) is 3.80. The average molecular weight is 417 g/mol. The molecule has 2 atom stereocenters. The van der Waals surface area contributed by atoms with Gasteiger partial charge in [0.25, 0.3) is 5.91 Å². The number of hydrogen-bond donors (Lipinski definition) is 1. The molecule has 5 heteroatoms. The Bertz CT molecular complexity index is 1060. The van der Waals surface area contributed by atoms with Crippen molar-refractivity contribution in [1.82, 2.24) is 0 Å². The van der Waals surface area contributed by atoms with E-state index in [2.05, 4.69) is 25.2 Å². The molecule has 1 heterocycles. The summed E-state index contributed by atoms with van der Waals surface area (Å²) in [5, 5.41) is 3.06. The van der Waals surface area contributed by atoms with E-state index in [4.69, 9.17) is 0 Å². The summed E-state index contributed by atoms with van der Waals surface area (Å²) in [6.45, 7) is 6.12. The molecule has 2 aromatic rings. The van der Waals surface area contributed by atoms with E-state index in [1.165, 1.54) is 4.90 Å². The van der Waals surface area contributed by atoms with Gasteiger partial charge in [0.2, 0.25) is 11.8 Å². The monoisotopic (exact) mass is 416 g/mol. The second kappa shape index (κ2) is 8.50. The zero-order valence-corrected chi connectivity index (χ0v) is 18.3. The summed E-state index contributed by atoms with van der Waals surface area (Å²) in [7, 11) is 0. The minimum atomic E-state index is -0.294. The van der Waals surface area contributed by atoms with E-state index in [9.17, 15) is 14.4 Å². The van der Waals surface area contributed by atoms with E-state index in [0.717, 1.165) is 35.2 Å². The highest BCUT2D eigenvalue weighted by Gasteiger charge is 2.48. The van der Waals surface area contributed by atoms with Crippen LogP contribution < -0.4 is 10.2 Å². The van der Waals surface area contributed by atoms with Gasteiger partial charge < -0.3 is 5.32 Å². The van der Waals surface area contributed by atoms with Crippen LogP contribution in [-0.2, 0) is 22.4 Å². The smallest absolute Gasteiger partial charge is 0.255 e. The van der Waals surface area contributed by atoms with Crippen molar-refractivity contribution in [3.63, 3.8) is 0 Å². The summed E-state index contributed by atoms with van der Waals surface area (Å²) >= 11 is 0. The predicted molar refractivity (Wildman–Crippen MR) is 122 cm³/mol. The van der Waals surface area contributed by atoms with Crippen LogP contribution in [0.1, 0.15) is 55.1 Å². The van der Waals surface area contributed by atoms with Gasteiger partial charge in [-0.2, -0.15) is 0 Å². The number of benzene rings is 2. The zero-order chi connectivity index (χ0) is 22.1. The number of anilines is 2. The van der Waals surface area contributed by atoms with Gasteiger partial charge in [0, 0.05) is 11.3 Å². The molecule has 0 radical (unpaired) electrons. The van der Waals surface area contributed by atoms with Crippen molar-refractivity contribution < 1.29 is 14.4 Å². The molecule has 0 spiro atoms. The van der Waals surface area contributed by atoms with Crippen LogP contribution >= 0.6 is 0 Å². The second-order valence-electron chi connectivity index (χ2n) is 8.38. The highest BCUT2D eigenvalue weighted by Crippen LogP contribution is 2.39. The second-order valence-corrected chi connectivity index (χ2v) is 8.38. The summed E-state index contributed by atoms with van der Waals surface area (Å²) in [6, 6.07) is 12.8. The standard InChI is InChI=1S/C26H28N2O3/c1-4-17-8-6-9-18(5-2)23(17)27-24(29)19-10-7-11-20(15-19)28-25(30)21-13-12-16(3)14-22(21)26(28)31/h6-12,15,21-22H,4-5,13-14H2,1-3H3,(H,27,29)/t21-,22-/m0/s1. The first-order valence-electron chi connectivity index (χ1n) is 11.0. The fourth-order valence-electron chi connectivity index (χ4n) is 4.67. The maximum atomic E-state index is 13.1. The molecular weight excluding hydrogens is 388 g/mol. The van der Waals surface area contributed by atoms with E-state index in [1.54, 1.807) is 24.3 Å². The molecule has 31 heavy (non-hydrogen) atoms. The Morgan fingerprint density at radius 3 is 2.32 bits per heavy atom. The number of nitrogens with zero attached hydrogens (tertiary/aromatic N) is 1. The van der Waals surface area contributed by atoms with Crippen molar-refractivity contribution >= 4 is 29.1 Å². The van der Waals surface area contributed by atoms with E-state index < -0.39 is 0 Å². The SMILES string of the molecule is CCc1cccc(CC)c1NC(=O)c1cccc(N2C(=O)[C@H]3CC=C(C)C[C@@H]3C2=O)c1. The third-order valence-electron chi connectivity index (χ3n) is 6.43. The number of hydrogen-bond acceptors (Lipinski definition) is 3. The molecule has 5 nitrogen and oxygen atoms in total. The summed E-state index contributed by atoms with van der Waals surface area (Å²) in [5.41, 5.74) is 5.06. The first-order valence-corrected chi connectivity index (χ1v) is 11.0. The van der Waals surface area contributed by atoms with Crippen LogP contribution in [0, 0.1) is 11.8 Å². The number of amides is 3. The van der Waals surface area contributed by atoms with Crippen LogP contribution in [0.3, 0.4) is 0 Å². The molecule has 4 rings (SSSR count). The quantitative estimate of drug-likeness (QED) is 0.556. The minimum absolute atomic E-state index is 0.162. The van der Waals surface area contributed by atoms with Gasteiger partial charge in [0.05, 0.1) is 17.5 Å². The van der Waals surface area contributed by atoms with Crippen molar-refractivity contribution in [3.8, 4) is 0 Å². The molecule has 0 saturated carbocycles. The molecule has 1 aliphatic heterocycles. The number of aryl methyl sites for hydroxylation is 2. The highest BCUT2D eigenvalue weighted by atomic mass is 16.2. The molecule has 1 saturated heterocycles. The summed E-state index contributed by atoms with van der Waals surface area (Å²) in [4.78, 5) is 40.3. The number of para-hydroxylation sites is 1. The number of fused-ring (bicyclic) bond motifs is 1. The van der Waals surface area contributed by atoms with Crippen molar-refractivity contribution in [1.29, 1.82) is 0 Å². The molecular formula is C26H28N2O3. The molecule has 1 N–H and O–H groups in total. The van der Waals surface area contributed by atoms with Crippen molar-refractivity contribution in [3.05, 3.63) is 70.8 Å². The molecule has 0 unspecified atom stereocenters. The van der Waals surface area contributed by atoms with E-state index in [-0.39, 0.29) is 29.6 Å². The zero-order valence-electron chi connectivity index (χ0n) is 18.3. The molecule has 160 valence electrons. The van der Waals surface area contributed by atoms with Gasteiger partial charge in [0.15, 0.2) is 0 Å². The Hall–Kier alpha value is -3.21. The van der Waals surface area contributed by atoms with Crippen molar-refractivity contribution in [2.75, 3.05) is 10.2 Å². The van der Waals surface area contributed by atoms with Gasteiger partial charge in [-0.05, 0) is 61.9 Å². The number of rotatable bonds is 5. The largest absolute Gasteiger partial charge is 0.321 e. The summed E-state index contributed by atoms with van der Waals surface area (Å²) in [5.74, 6) is -1.16. The topological polar surface area (TPSA) is 66.5 Å². The van der Waals surface area contributed by atoms with Crippen LogP contribution in [0.15, 0.2) is 54.1 Å². The molecule has 2 aliphatic rings. The number of carbonyl (C=O) groups excluding carboxylic acids is 3. The highest BCUT2D eigenvalue weighted by molar-refractivity contribution is 6.22. The van der Waals surface area contributed by atoms with E-state index in [0.29, 0.717) is 24.1 Å². The van der Waals surface area contributed by atoms with Crippen molar-refractivity contribution in [2.24, 2.45) is 11.8 Å². The van der Waals surface area contributed by atoms with Crippen LogP contribution in [0.2, 0.25) is 0 Å². The third-order valence-corrected chi connectivity index (χ3v) is 6.43. The van der Waals surface area contributed by atoms with Crippen LogP contribution in [-0.4, -0.2) is 17.7 Å². The first kappa shape index (κ1) is 21.0. The van der Waals surface area contributed by atoms with Crippen LogP contribution in [0.25, 0.3) is 0 Å². The van der Waals surface area contributed by atoms with Gasteiger partial charge in [-0.15, -0.1) is 0 Å². The van der Waals surface area contributed by atoms with Gasteiger partial charge in [-0.3, -0.25) is 19.3 Å². The molecule has 1 aliphatic carbocycles. The van der Waals surface area contributed by atoms with E-state index >= 15 is 0 Å². The molecule has 0 aromatic heterocycles. The number of nitrogens with one attached hydrogen (secondary N) is 1. The lowest BCUT2D eigenvalue weighted by molar-refractivity contribution is -0.122. The molecule has 0 bridgehead atoms. The van der Waals surface area contributed by atoms with Crippen LogP contribution in [0.5, 0.6) is 0 Å². The Labute approximate surface area is 183 Å². The Kier molecular flexibility index (Phi) is 5.77. The lowest BCUT2D eigenvalue weighted by atomic mass is 9.82. The van der Waals surface area contributed by atoms with Gasteiger partial charge in [-0.25, -0.2) is 0 Å². The average Bonchev–Trinajstić information content (AvgIpc) is 3.03. The lowest BCUT2D eigenvalue weighted by Gasteiger charge is -2.18. The molecule has 3 amide bonds. The maximum absolute atomic E-state index is 13.1.